The van der Waals surface area contributed by atoms with Gasteiger partial charge >= 0.3 is 0 Å². The molecule has 2 heterocycles. The van der Waals surface area contributed by atoms with Crippen LogP contribution in [0.2, 0.25) is 5.02 Å². The molecular formula is C21H27ClN6. The molecule has 2 aromatic heterocycles. The van der Waals surface area contributed by atoms with Crippen LogP contribution < -0.4 is 10.2 Å². The van der Waals surface area contributed by atoms with Crippen molar-refractivity contribution in [1.82, 2.24) is 19.9 Å². The topological polar surface area (TPSA) is 66.8 Å². The Kier molecular flexibility index (Phi) is 6.98. The second kappa shape index (κ2) is 9.64. The first-order chi connectivity index (χ1) is 13.6. The Morgan fingerprint density at radius 3 is 2.39 bits per heavy atom. The quantitative estimate of drug-likeness (QED) is 0.511. The van der Waals surface area contributed by atoms with E-state index in [1.807, 2.05) is 25.1 Å². The molecule has 0 bridgehead atoms. The maximum Gasteiger partial charge on any atom is 0.229 e. The molecule has 0 saturated carbocycles. The number of nitrogens with zero attached hydrogens (tertiary/aromatic N) is 5. The molecule has 0 amide bonds. The average Bonchev–Trinajstić information content (AvgIpc) is 2.70. The largest absolute Gasteiger partial charge is 0.341 e. The molecule has 0 saturated heterocycles. The molecule has 0 unspecified atom stereocenters. The Morgan fingerprint density at radius 2 is 1.71 bits per heavy atom. The minimum absolute atomic E-state index is 0.597. The Hall–Kier alpha value is -2.47. The number of fused-ring (bicyclic) bond motifs is 1. The number of aryl methyl sites for hydroxylation is 1. The molecule has 0 fully saturated rings. The van der Waals surface area contributed by atoms with Crippen molar-refractivity contribution in [2.75, 3.05) is 23.3 Å². The van der Waals surface area contributed by atoms with Crippen molar-refractivity contribution in [3.8, 4) is 0 Å². The summed E-state index contributed by atoms with van der Waals surface area (Å²) >= 11 is 6.10. The van der Waals surface area contributed by atoms with Crippen molar-refractivity contribution in [2.24, 2.45) is 0 Å². The summed E-state index contributed by atoms with van der Waals surface area (Å²) in [6, 6.07) is 5.74. The summed E-state index contributed by atoms with van der Waals surface area (Å²) in [5.74, 6) is 1.36. The molecule has 0 radical (unpaired) electrons. The molecule has 7 heteroatoms. The third kappa shape index (κ3) is 4.87. The van der Waals surface area contributed by atoms with E-state index in [0.717, 1.165) is 50.0 Å². The smallest absolute Gasteiger partial charge is 0.229 e. The Labute approximate surface area is 171 Å². The zero-order valence-corrected chi connectivity index (χ0v) is 17.5. The Bertz CT molecular complexity index is 922. The maximum absolute atomic E-state index is 6.10. The number of hydrogen-bond acceptors (Lipinski definition) is 6. The van der Waals surface area contributed by atoms with E-state index < -0.39 is 0 Å². The number of benzene rings is 1. The lowest BCUT2D eigenvalue weighted by atomic mass is 10.2. The number of nitrogens with one attached hydrogen (secondary N) is 1. The average molecular weight is 399 g/mol. The van der Waals surface area contributed by atoms with E-state index >= 15 is 0 Å². The summed E-state index contributed by atoms with van der Waals surface area (Å²) in [6.45, 7) is 8.27. The lowest BCUT2D eigenvalue weighted by Gasteiger charge is -2.23. The fourth-order valence-corrected chi connectivity index (χ4v) is 3.21. The van der Waals surface area contributed by atoms with Crippen molar-refractivity contribution in [1.29, 1.82) is 0 Å². The molecular weight excluding hydrogens is 372 g/mol. The van der Waals surface area contributed by atoms with Crippen molar-refractivity contribution in [3.05, 3.63) is 41.2 Å². The van der Waals surface area contributed by atoms with Gasteiger partial charge in [-0.15, -0.1) is 0 Å². The predicted molar refractivity (Wildman–Crippen MR) is 117 cm³/mol. The zero-order valence-electron chi connectivity index (χ0n) is 16.7. The standard InChI is InChI=1S/C21H27ClN6/c1-4-6-12-28(13-7-5-2)21-26-19-18(23-10-11-24-19)20(27-21)25-17-9-8-16(22)14-15(17)3/h8-11,14H,4-7,12-13H2,1-3H3,(H,24,25,26,27). The highest BCUT2D eigenvalue weighted by molar-refractivity contribution is 6.30. The number of rotatable bonds is 9. The Balaban J connectivity index is 2.02. The van der Waals surface area contributed by atoms with Gasteiger partial charge in [0.15, 0.2) is 17.0 Å². The molecule has 0 spiro atoms. The fraction of sp³-hybridized carbons (Fsp3) is 0.429. The molecule has 0 aliphatic carbocycles. The van der Waals surface area contributed by atoms with E-state index in [9.17, 15) is 0 Å². The predicted octanol–water partition coefficient (Wildman–Crippen LogP) is 5.53. The lowest BCUT2D eigenvalue weighted by molar-refractivity contribution is 0.664. The highest BCUT2D eigenvalue weighted by atomic mass is 35.5. The van der Waals surface area contributed by atoms with Crippen LogP contribution in [0, 0.1) is 6.92 Å². The van der Waals surface area contributed by atoms with Crippen LogP contribution in [0.15, 0.2) is 30.6 Å². The zero-order chi connectivity index (χ0) is 19.9. The van der Waals surface area contributed by atoms with Gasteiger partial charge in [-0.3, -0.25) is 0 Å². The molecule has 0 aliphatic heterocycles. The molecule has 3 aromatic rings. The Morgan fingerprint density at radius 1 is 1.00 bits per heavy atom. The molecule has 28 heavy (non-hydrogen) atoms. The van der Waals surface area contributed by atoms with Gasteiger partial charge in [-0.1, -0.05) is 38.3 Å². The highest BCUT2D eigenvalue weighted by Gasteiger charge is 2.15. The van der Waals surface area contributed by atoms with Crippen molar-refractivity contribution in [3.63, 3.8) is 0 Å². The molecule has 148 valence electrons. The van der Waals surface area contributed by atoms with Crippen LogP contribution in [0.25, 0.3) is 11.2 Å². The molecule has 3 rings (SSSR count). The SMILES string of the molecule is CCCCN(CCCC)c1nc(Nc2ccc(Cl)cc2C)c2nccnc2n1. The minimum Gasteiger partial charge on any atom is -0.341 e. The van der Waals surface area contributed by atoms with Crippen LogP contribution in [0.4, 0.5) is 17.5 Å². The normalized spacial score (nSPS) is 11.0. The summed E-state index contributed by atoms with van der Waals surface area (Å²) < 4.78 is 0. The number of hydrogen-bond donors (Lipinski definition) is 1. The van der Waals surface area contributed by atoms with E-state index in [4.69, 9.17) is 21.6 Å². The monoisotopic (exact) mass is 398 g/mol. The van der Waals surface area contributed by atoms with Gasteiger partial charge in [-0.05, 0) is 43.5 Å². The molecule has 1 aromatic carbocycles. The van der Waals surface area contributed by atoms with Crippen molar-refractivity contribution >= 4 is 40.2 Å². The maximum atomic E-state index is 6.10. The summed E-state index contributed by atoms with van der Waals surface area (Å²) in [6.07, 6.45) is 7.79. The third-order valence-electron chi connectivity index (χ3n) is 4.61. The number of aromatic nitrogens is 4. The first kappa shape index (κ1) is 20.3. The van der Waals surface area contributed by atoms with Gasteiger partial charge in [0, 0.05) is 36.2 Å². The van der Waals surface area contributed by atoms with Gasteiger partial charge in [0.1, 0.15) is 0 Å². The van der Waals surface area contributed by atoms with Crippen molar-refractivity contribution in [2.45, 2.75) is 46.5 Å². The van der Waals surface area contributed by atoms with Gasteiger partial charge in [0.2, 0.25) is 5.95 Å². The second-order valence-electron chi connectivity index (χ2n) is 6.88. The van der Waals surface area contributed by atoms with E-state index in [-0.39, 0.29) is 0 Å². The van der Waals surface area contributed by atoms with Crippen LogP contribution in [-0.2, 0) is 0 Å². The van der Waals surface area contributed by atoms with Crippen LogP contribution >= 0.6 is 11.6 Å². The van der Waals surface area contributed by atoms with Crippen LogP contribution in [0.3, 0.4) is 0 Å². The molecule has 0 atom stereocenters. The van der Waals surface area contributed by atoms with E-state index in [1.54, 1.807) is 12.4 Å². The molecule has 0 aliphatic rings. The summed E-state index contributed by atoms with van der Waals surface area (Å²) in [7, 11) is 0. The summed E-state index contributed by atoms with van der Waals surface area (Å²) in [4.78, 5) is 20.7. The first-order valence-electron chi connectivity index (χ1n) is 9.89. The fourth-order valence-electron chi connectivity index (χ4n) is 2.99. The van der Waals surface area contributed by atoms with Crippen LogP contribution in [-0.4, -0.2) is 33.0 Å². The number of unbranched alkanes of at least 4 members (excludes halogenated alkanes) is 2. The highest BCUT2D eigenvalue weighted by Crippen LogP contribution is 2.27. The lowest BCUT2D eigenvalue weighted by Crippen LogP contribution is -2.28. The first-order valence-corrected chi connectivity index (χ1v) is 10.3. The van der Waals surface area contributed by atoms with E-state index in [0.29, 0.717) is 28.0 Å². The molecule has 1 N–H and O–H groups in total. The van der Waals surface area contributed by atoms with E-state index in [2.05, 4.69) is 34.0 Å². The minimum atomic E-state index is 0.597. The second-order valence-corrected chi connectivity index (χ2v) is 7.32. The van der Waals surface area contributed by atoms with Gasteiger partial charge in [0.05, 0.1) is 0 Å². The van der Waals surface area contributed by atoms with Gasteiger partial charge < -0.3 is 10.2 Å². The van der Waals surface area contributed by atoms with E-state index in [1.165, 1.54) is 0 Å². The summed E-state index contributed by atoms with van der Waals surface area (Å²) in [5.41, 5.74) is 3.24. The van der Waals surface area contributed by atoms with Crippen molar-refractivity contribution < 1.29 is 0 Å². The summed E-state index contributed by atoms with van der Waals surface area (Å²) in [5, 5.41) is 4.12. The van der Waals surface area contributed by atoms with Crippen LogP contribution in [0.1, 0.15) is 45.1 Å². The number of halogens is 1. The number of anilines is 3. The van der Waals surface area contributed by atoms with Gasteiger partial charge in [-0.2, -0.15) is 9.97 Å². The van der Waals surface area contributed by atoms with Crippen LogP contribution in [0.5, 0.6) is 0 Å². The molecule has 6 nitrogen and oxygen atoms in total. The van der Waals surface area contributed by atoms with Gasteiger partial charge in [0.25, 0.3) is 0 Å². The van der Waals surface area contributed by atoms with Gasteiger partial charge in [-0.25, -0.2) is 9.97 Å². The third-order valence-corrected chi connectivity index (χ3v) is 4.84.